The van der Waals surface area contributed by atoms with Crippen LogP contribution >= 0.6 is 0 Å². The predicted octanol–water partition coefficient (Wildman–Crippen LogP) is 2.97. The second kappa shape index (κ2) is 5.63. The molecule has 3 rings (SSSR count). The van der Waals surface area contributed by atoms with Gasteiger partial charge in [0, 0.05) is 16.8 Å². The van der Waals surface area contributed by atoms with Gasteiger partial charge in [-0.15, -0.1) is 0 Å². The summed E-state index contributed by atoms with van der Waals surface area (Å²) in [5.41, 5.74) is 1.83. The molecule has 4 heteroatoms. The Hall–Kier alpha value is -2.46. The van der Waals surface area contributed by atoms with Crippen molar-refractivity contribution in [2.24, 2.45) is 0 Å². The Labute approximate surface area is 135 Å². The van der Waals surface area contributed by atoms with Crippen LogP contribution in [0.4, 0.5) is 5.69 Å². The van der Waals surface area contributed by atoms with Crippen molar-refractivity contribution in [2.75, 3.05) is 5.32 Å². The van der Waals surface area contributed by atoms with Crippen molar-refractivity contribution >= 4 is 17.4 Å². The maximum Gasteiger partial charge on any atom is 0.261 e. The molecule has 2 N–H and O–H groups in total. The normalized spacial score (nSPS) is 19.3. The van der Waals surface area contributed by atoms with Gasteiger partial charge in [-0.3, -0.25) is 9.59 Å². The van der Waals surface area contributed by atoms with Gasteiger partial charge in [0.15, 0.2) is 11.4 Å². The summed E-state index contributed by atoms with van der Waals surface area (Å²) in [7, 11) is 0. The van der Waals surface area contributed by atoms with Crippen LogP contribution < -0.4 is 5.32 Å². The predicted molar refractivity (Wildman–Crippen MR) is 88.5 cm³/mol. The first kappa shape index (κ1) is 15.4. The van der Waals surface area contributed by atoms with E-state index >= 15 is 0 Å². The fourth-order valence-electron chi connectivity index (χ4n) is 2.86. The Morgan fingerprint density at radius 2 is 1.87 bits per heavy atom. The third kappa shape index (κ3) is 2.66. The summed E-state index contributed by atoms with van der Waals surface area (Å²) < 4.78 is 0. The van der Waals surface area contributed by atoms with E-state index in [-0.39, 0.29) is 12.2 Å². The van der Waals surface area contributed by atoms with Gasteiger partial charge in [-0.05, 0) is 25.0 Å². The van der Waals surface area contributed by atoms with Crippen LogP contribution in [0.5, 0.6) is 0 Å². The summed E-state index contributed by atoms with van der Waals surface area (Å²) in [6, 6.07) is 12.6. The number of anilines is 1. The van der Waals surface area contributed by atoms with Crippen LogP contribution in [-0.2, 0) is 16.8 Å². The van der Waals surface area contributed by atoms with Crippen molar-refractivity contribution in [3.05, 3.63) is 64.7 Å². The van der Waals surface area contributed by atoms with Crippen LogP contribution in [0.25, 0.3) is 0 Å². The molecule has 0 fully saturated rings. The van der Waals surface area contributed by atoms with Gasteiger partial charge in [-0.1, -0.05) is 48.9 Å². The van der Waals surface area contributed by atoms with Gasteiger partial charge in [0.2, 0.25) is 0 Å². The van der Waals surface area contributed by atoms with E-state index in [0.29, 0.717) is 16.8 Å². The summed E-state index contributed by atoms with van der Waals surface area (Å²) in [5.74, 6) is -0.793. The molecule has 4 nitrogen and oxygen atoms in total. The molecule has 0 saturated carbocycles. The van der Waals surface area contributed by atoms with Crippen molar-refractivity contribution in [1.29, 1.82) is 0 Å². The second-order valence-corrected chi connectivity index (χ2v) is 6.01. The molecule has 0 saturated heterocycles. The number of fused-ring (bicyclic) bond motifs is 1. The number of carbonyl (C=O) groups excluding carboxylic acids is 2. The van der Waals surface area contributed by atoms with Gasteiger partial charge in [0.05, 0.1) is 6.42 Å². The Morgan fingerprint density at radius 3 is 2.52 bits per heavy atom. The summed E-state index contributed by atoms with van der Waals surface area (Å²) in [4.78, 5) is 24.7. The summed E-state index contributed by atoms with van der Waals surface area (Å²) >= 11 is 0. The zero-order valence-electron chi connectivity index (χ0n) is 13.2. The molecule has 1 aliphatic rings. The van der Waals surface area contributed by atoms with E-state index in [9.17, 15) is 14.7 Å². The van der Waals surface area contributed by atoms with Gasteiger partial charge in [-0.2, -0.15) is 0 Å². The highest BCUT2D eigenvalue weighted by atomic mass is 16.3. The largest absolute Gasteiger partial charge is 0.375 e. The molecule has 1 unspecified atom stereocenters. The number of Topliss-reactive ketones (excluding diaryl/α,β-unsaturated/α-hetero) is 1. The number of amides is 1. The summed E-state index contributed by atoms with van der Waals surface area (Å²) in [5, 5.41) is 13.5. The van der Waals surface area contributed by atoms with Crippen molar-refractivity contribution in [3.63, 3.8) is 0 Å². The lowest BCUT2D eigenvalue weighted by Crippen LogP contribution is -2.36. The van der Waals surface area contributed by atoms with E-state index in [1.165, 1.54) is 0 Å². The van der Waals surface area contributed by atoms with Crippen molar-refractivity contribution in [3.8, 4) is 0 Å². The van der Waals surface area contributed by atoms with Crippen LogP contribution in [0.1, 0.15) is 40.4 Å². The fourth-order valence-corrected chi connectivity index (χ4v) is 2.86. The Morgan fingerprint density at radius 1 is 1.17 bits per heavy atom. The summed E-state index contributed by atoms with van der Waals surface area (Å²) in [6.45, 7) is 3.94. The number of ketones is 1. The highest BCUT2D eigenvalue weighted by Crippen LogP contribution is 2.39. The molecule has 2 aromatic carbocycles. The quantitative estimate of drug-likeness (QED) is 0.853. The molecule has 2 aromatic rings. The fraction of sp³-hybridized carbons (Fsp3) is 0.263. The number of rotatable bonds is 4. The number of carbonyl (C=O) groups is 2. The van der Waals surface area contributed by atoms with E-state index in [2.05, 4.69) is 5.32 Å². The summed E-state index contributed by atoms with van der Waals surface area (Å²) in [6.07, 6.45) is 0.533. The molecule has 0 spiro atoms. The molecule has 118 valence electrons. The highest BCUT2D eigenvalue weighted by Gasteiger charge is 2.46. The zero-order chi connectivity index (χ0) is 16.6. The maximum atomic E-state index is 12.5. The number of nitrogens with one attached hydrogen (secondary N) is 1. The molecule has 0 radical (unpaired) electrons. The Bertz CT molecular complexity index is 780. The minimum Gasteiger partial charge on any atom is -0.375 e. The molecule has 0 aliphatic carbocycles. The van der Waals surface area contributed by atoms with E-state index in [4.69, 9.17) is 0 Å². The SMILES string of the molecule is CCc1ccc2c(c1)C(O)(CC(=O)c1ccc(C)cc1)C(=O)N2. The van der Waals surface area contributed by atoms with E-state index < -0.39 is 11.5 Å². The standard InChI is InChI=1S/C19H19NO3/c1-3-13-6-9-16-15(10-13)19(23,18(22)20-16)11-17(21)14-7-4-12(2)5-8-14/h4-10,23H,3,11H2,1-2H3,(H,20,22). The average Bonchev–Trinajstić information content (AvgIpc) is 2.78. The number of hydrogen-bond acceptors (Lipinski definition) is 3. The lowest BCUT2D eigenvalue weighted by Gasteiger charge is -2.20. The van der Waals surface area contributed by atoms with Gasteiger partial charge in [-0.25, -0.2) is 0 Å². The molecule has 0 aromatic heterocycles. The smallest absolute Gasteiger partial charge is 0.261 e. The van der Waals surface area contributed by atoms with Crippen molar-refractivity contribution < 1.29 is 14.7 Å². The minimum absolute atomic E-state index is 0.252. The van der Waals surface area contributed by atoms with Crippen LogP contribution in [-0.4, -0.2) is 16.8 Å². The van der Waals surface area contributed by atoms with E-state index in [1.54, 1.807) is 24.3 Å². The molecule has 1 heterocycles. The minimum atomic E-state index is -1.80. The first-order valence-electron chi connectivity index (χ1n) is 7.71. The molecule has 0 bridgehead atoms. The average molecular weight is 309 g/mol. The van der Waals surface area contributed by atoms with Gasteiger partial charge >= 0.3 is 0 Å². The van der Waals surface area contributed by atoms with Crippen molar-refractivity contribution in [1.82, 2.24) is 0 Å². The monoisotopic (exact) mass is 309 g/mol. The maximum absolute atomic E-state index is 12.5. The van der Waals surface area contributed by atoms with Crippen LogP contribution in [0.2, 0.25) is 0 Å². The first-order chi connectivity index (χ1) is 10.9. The Balaban J connectivity index is 1.94. The van der Waals surface area contributed by atoms with Gasteiger partial charge in [0.25, 0.3) is 5.91 Å². The lowest BCUT2D eigenvalue weighted by molar-refractivity contribution is -0.133. The van der Waals surface area contributed by atoms with E-state index in [1.807, 2.05) is 32.0 Å². The molecule has 1 atom stereocenters. The van der Waals surface area contributed by atoms with Crippen LogP contribution in [0, 0.1) is 6.92 Å². The number of aryl methyl sites for hydroxylation is 2. The molecule has 1 aliphatic heterocycles. The zero-order valence-corrected chi connectivity index (χ0v) is 13.2. The molecule has 1 amide bonds. The highest BCUT2D eigenvalue weighted by molar-refractivity contribution is 6.09. The Kier molecular flexibility index (Phi) is 3.78. The molecular weight excluding hydrogens is 290 g/mol. The van der Waals surface area contributed by atoms with Crippen LogP contribution in [0.3, 0.4) is 0 Å². The molecular formula is C19H19NO3. The number of benzene rings is 2. The van der Waals surface area contributed by atoms with Crippen LogP contribution in [0.15, 0.2) is 42.5 Å². The third-order valence-electron chi connectivity index (χ3n) is 4.35. The van der Waals surface area contributed by atoms with Gasteiger partial charge < -0.3 is 10.4 Å². The second-order valence-electron chi connectivity index (χ2n) is 6.01. The first-order valence-corrected chi connectivity index (χ1v) is 7.71. The number of hydrogen-bond donors (Lipinski definition) is 2. The topological polar surface area (TPSA) is 66.4 Å². The number of aliphatic hydroxyl groups is 1. The molecule has 23 heavy (non-hydrogen) atoms. The van der Waals surface area contributed by atoms with Gasteiger partial charge in [0.1, 0.15) is 0 Å². The third-order valence-corrected chi connectivity index (χ3v) is 4.35. The van der Waals surface area contributed by atoms with E-state index in [0.717, 1.165) is 17.5 Å². The lowest BCUT2D eigenvalue weighted by atomic mass is 9.87. The van der Waals surface area contributed by atoms with Crippen molar-refractivity contribution in [2.45, 2.75) is 32.3 Å².